The van der Waals surface area contributed by atoms with Crippen molar-refractivity contribution in [2.75, 3.05) is 5.32 Å². The van der Waals surface area contributed by atoms with Crippen LogP contribution in [0, 0.1) is 11.7 Å². The number of hydrogen-bond acceptors (Lipinski definition) is 5. The topological polar surface area (TPSA) is 79.6 Å². The number of halogens is 1. The van der Waals surface area contributed by atoms with Gasteiger partial charge in [0, 0.05) is 11.9 Å². The highest BCUT2D eigenvalue weighted by Crippen LogP contribution is 2.62. The number of furan rings is 1. The number of anilines is 1. The van der Waals surface area contributed by atoms with Crippen molar-refractivity contribution in [2.24, 2.45) is 5.92 Å². The van der Waals surface area contributed by atoms with Gasteiger partial charge in [0.1, 0.15) is 17.3 Å². The van der Waals surface area contributed by atoms with E-state index in [-0.39, 0.29) is 11.3 Å². The molecular weight excluding hydrogens is 483 g/mol. The van der Waals surface area contributed by atoms with E-state index >= 15 is 4.39 Å². The molecule has 4 aromatic rings. The van der Waals surface area contributed by atoms with Crippen LogP contribution in [-0.4, -0.2) is 28.4 Å². The molecule has 0 radical (unpaired) electrons. The smallest absolute Gasteiger partial charge is 0.238 e. The van der Waals surface area contributed by atoms with Crippen molar-refractivity contribution in [3.63, 3.8) is 0 Å². The fraction of sp³-hybridized carbons (Fsp3) is 0.129. The van der Waals surface area contributed by atoms with Gasteiger partial charge in [0.25, 0.3) is 0 Å². The van der Waals surface area contributed by atoms with Gasteiger partial charge >= 0.3 is 0 Å². The lowest BCUT2D eigenvalue weighted by Crippen LogP contribution is -2.49. The molecule has 1 N–H and O–H groups in total. The van der Waals surface area contributed by atoms with Crippen LogP contribution in [-0.2, 0) is 10.2 Å². The van der Waals surface area contributed by atoms with Gasteiger partial charge in [-0.3, -0.25) is 14.4 Å². The number of carbonyl (C=O) groups excluding carboxylic acids is 3. The maximum atomic E-state index is 15.1. The Labute approximate surface area is 217 Å². The molecular formula is C31H21FN2O4. The molecule has 7 heteroatoms. The average molecular weight is 505 g/mol. The minimum Gasteiger partial charge on any atom is -0.461 e. The lowest BCUT2D eigenvalue weighted by Gasteiger charge is -2.38. The second-order valence-corrected chi connectivity index (χ2v) is 9.77. The van der Waals surface area contributed by atoms with E-state index < -0.39 is 46.7 Å². The molecule has 3 aromatic carbocycles. The zero-order valence-electron chi connectivity index (χ0n) is 20.0. The van der Waals surface area contributed by atoms with Crippen LogP contribution >= 0.6 is 0 Å². The van der Waals surface area contributed by atoms with Crippen molar-refractivity contribution in [1.82, 2.24) is 4.90 Å². The normalized spacial score (nSPS) is 24.6. The third kappa shape index (κ3) is 2.84. The van der Waals surface area contributed by atoms with E-state index in [0.717, 1.165) is 11.1 Å². The van der Waals surface area contributed by atoms with Gasteiger partial charge < -0.3 is 14.6 Å². The molecule has 1 amide bonds. The fourth-order valence-electron chi connectivity index (χ4n) is 6.56. The number of benzene rings is 3. The molecule has 1 saturated heterocycles. The lowest BCUT2D eigenvalue weighted by atomic mass is 9.62. The van der Waals surface area contributed by atoms with Crippen LogP contribution in [0.3, 0.4) is 0 Å². The third-order valence-corrected chi connectivity index (χ3v) is 8.02. The Morgan fingerprint density at radius 3 is 2.47 bits per heavy atom. The molecule has 186 valence electrons. The Morgan fingerprint density at radius 1 is 0.895 bits per heavy atom. The first kappa shape index (κ1) is 22.4. The second-order valence-electron chi connectivity index (χ2n) is 9.77. The number of nitrogens with one attached hydrogen (secondary N) is 1. The highest BCUT2D eigenvalue weighted by atomic mass is 19.1. The number of rotatable bonds is 4. The van der Waals surface area contributed by atoms with Crippen LogP contribution in [0.5, 0.6) is 0 Å². The van der Waals surface area contributed by atoms with Gasteiger partial charge in [0.05, 0.1) is 23.8 Å². The van der Waals surface area contributed by atoms with E-state index in [1.807, 2.05) is 42.5 Å². The summed E-state index contributed by atoms with van der Waals surface area (Å²) in [5.41, 5.74) is 1.19. The molecule has 1 aromatic heterocycles. The first-order chi connectivity index (χ1) is 18.5. The van der Waals surface area contributed by atoms with Crippen LogP contribution in [0.2, 0.25) is 0 Å². The summed E-state index contributed by atoms with van der Waals surface area (Å²) in [5.74, 6) is -3.35. The summed E-state index contributed by atoms with van der Waals surface area (Å²) >= 11 is 0. The van der Waals surface area contributed by atoms with Crippen molar-refractivity contribution in [3.05, 3.63) is 131 Å². The first-order valence-corrected chi connectivity index (χ1v) is 12.4. The van der Waals surface area contributed by atoms with E-state index in [1.165, 1.54) is 30.5 Å². The van der Waals surface area contributed by atoms with Crippen molar-refractivity contribution in [2.45, 2.75) is 17.5 Å². The SMILES string of the molecule is O=C(c1ccco1)[C@@H]1[C@H](C(=O)c2ccccc2F)[C@]2(C(=O)Nc3ccccc32)[C@@H]2c3ccccc3C=CN12. The maximum absolute atomic E-state index is 15.1. The van der Waals surface area contributed by atoms with Gasteiger partial charge in [-0.25, -0.2) is 4.39 Å². The Morgan fingerprint density at radius 2 is 1.66 bits per heavy atom. The molecule has 38 heavy (non-hydrogen) atoms. The Bertz CT molecular complexity index is 1660. The molecule has 7 rings (SSSR count). The van der Waals surface area contributed by atoms with Crippen LogP contribution in [0.1, 0.15) is 43.6 Å². The first-order valence-electron chi connectivity index (χ1n) is 12.4. The number of para-hydroxylation sites is 1. The van der Waals surface area contributed by atoms with Crippen molar-refractivity contribution < 1.29 is 23.2 Å². The van der Waals surface area contributed by atoms with E-state index in [4.69, 9.17) is 4.42 Å². The minimum absolute atomic E-state index is 0.0658. The molecule has 0 bridgehead atoms. The summed E-state index contributed by atoms with van der Waals surface area (Å²) in [5, 5.41) is 2.97. The maximum Gasteiger partial charge on any atom is 0.238 e. The fourth-order valence-corrected chi connectivity index (χ4v) is 6.56. The number of ketones is 2. The van der Waals surface area contributed by atoms with E-state index in [9.17, 15) is 14.4 Å². The number of nitrogens with zero attached hydrogens (tertiary/aromatic N) is 1. The quantitative estimate of drug-likeness (QED) is 0.377. The molecule has 0 aliphatic carbocycles. The largest absolute Gasteiger partial charge is 0.461 e. The molecule has 3 aliphatic heterocycles. The van der Waals surface area contributed by atoms with Crippen molar-refractivity contribution in [1.29, 1.82) is 0 Å². The number of carbonyl (C=O) groups is 3. The second kappa shape index (κ2) is 8.11. The molecule has 3 aliphatic rings. The minimum atomic E-state index is -1.51. The summed E-state index contributed by atoms with van der Waals surface area (Å²) in [6.07, 6.45) is 5.03. The Kier molecular flexibility index (Phi) is 4.79. The van der Waals surface area contributed by atoms with Gasteiger partial charge in [-0.15, -0.1) is 0 Å². The highest BCUT2D eigenvalue weighted by molar-refractivity contribution is 6.16. The van der Waals surface area contributed by atoms with Crippen LogP contribution < -0.4 is 5.32 Å². The molecule has 4 atom stereocenters. The van der Waals surface area contributed by atoms with Gasteiger partial charge in [-0.1, -0.05) is 54.6 Å². The van der Waals surface area contributed by atoms with Crippen LogP contribution in [0.4, 0.5) is 10.1 Å². The van der Waals surface area contributed by atoms with Gasteiger partial charge in [-0.2, -0.15) is 0 Å². The lowest BCUT2D eigenvalue weighted by molar-refractivity contribution is -0.122. The Balaban J connectivity index is 1.56. The zero-order valence-corrected chi connectivity index (χ0v) is 20.0. The number of fused-ring (bicyclic) bond motifs is 6. The summed E-state index contributed by atoms with van der Waals surface area (Å²) in [6.45, 7) is 0. The summed E-state index contributed by atoms with van der Waals surface area (Å²) < 4.78 is 20.6. The highest BCUT2D eigenvalue weighted by Gasteiger charge is 2.71. The van der Waals surface area contributed by atoms with Gasteiger partial charge in [-0.05, 0) is 53.1 Å². The molecule has 6 nitrogen and oxygen atoms in total. The molecule has 1 spiro atoms. The number of amides is 1. The van der Waals surface area contributed by atoms with Crippen molar-refractivity contribution in [3.8, 4) is 0 Å². The molecule has 1 fully saturated rings. The van der Waals surface area contributed by atoms with Crippen molar-refractivity contribution >= 4 is 29.2 Å². The third-order valence-electron chi connectivity index (χ3n) is 8.02. The number of Topliss-reactive ketones (excluding diaryl/α,β-unsaturated/α-hetero) is 2. The summed E-state index contributed by atoms with van der Waals surface area (Å²) in [6, 6.07) is 21.8. The van der Waals surface area contributed by atoms with Gasteiger partial charge in [0.2, 0.25) is 11.7 Å². The number of hydrogen-bond donors (Lipinski definition) is 1. The predicted molar refractivity (Wildman–Crippen MR) is 138 cm³/mol. The summed E-state index contributed by atoms with van der Waals surface area (Å²) in [4.78, 5) is 44.6. The molecule has 0 unspecified atom stereocenters. The van der Waals surface area contributed by atoms with Gasteiger partial charge in [0.15, 0.2) is 11.5 Å². The zero-order chi connectivity index (χ0) is 26.0. The van der Waals surface area contributed by atoms with E-state index in [2.05, 4.69) is 5.32 Å². The van der Waals surface area contributed by atoms with E-state index in [0.29, 0.717) is 11.3 Å². The summed E-state index contributed by atoms with van der Waals surface area (Å²) in [7, 11) is 0. The van der Waals surface area contributed by atoms with Crippen LogP contribution in [0.15, 0.2) is 102 Å². The predicted octanol–water partition coefficient (Wildman–Crippen LogP) is 5.40. The van der Waals surface area contributed by atoms with E-state index in [1.54, 1.807) is 35.4 Å². The Hall–Kier alpha value is -4.78. The average Bonchev–Trinajstić information content (AvgIpc) is 3.65. The molecule has 0 saturated carbocycles. The standard InChI is InChI=1S/C31H21FN2O4/c32-22-12-5-3-10-20(22)27(35)25-26(28(36)24-14-7-17-38-24)34-16-15-18-8-1-2-9-19(18)29(34)31(25)21-11-4-6-13-23(21)33-30(31)37/h1-17,25-26,29H,(H,33,37)/t25-,26+,29+,31+/m1/s1. The molecule has 4 heterocycles. The van der Waals surface area contributed by atoms with Crippen LogP contribution in [0.25, 0.3) is 6.08 Å². The monoisotopic (exact) mass is 504 g/mol.